The average Bonchev–Trinajstić information content (AvgIpc) is 3.42. The number of phenols is 1. The minimum atomic E-state index is -0.824. The van der Waals surface area contributed by atoms with E-state index in [1.165, 1.54) is 27.9 Å². The summed E-state index contributed by atoms with van der Waals surface area (Å²) >= 11 is 0. The number of aryl methyl sites for hydroxylation is 1. The van der Waals surface area contributed by atoms with Gasteiger partial charge >= 0.3 is 0 Å². The van der Waals surface area contributed by atoms with Gasteiger partial charge < -0.3 is 20.1 Å². The highest BCUT2D eigenvalue weighted by Crippen LogP contribution is 2.47. The van der Waals surface area contributed by atoms with Crippen molar-refractivity contribution in [2.75, 3.05) is 44.2 Å². The Morgan fingerprint density at radius 3 is 2.32 bits per heavy atom. The molecule has 4 aromatic carbocycles. The number of hydrogen-bond acceptors (Lipinski definition) is 7. The molecule has 1 aliphatic carbocycles. The van der Waals surface area contributed by atoms with Gasteiger partial charge in [0.2, 0.25) is 5.91 Å². The van der Waals surface area contributed by atoms with Crippen LogP contribution in [0.25, 0.3) is 0 Å². The van der Waals surface area contributed by atoms with E-state index in [2.05, 4.69) is 82.4 Å². The van der Waals surface area contributed by atoms with Gasteiger partial charge in [-0.1, -0.05) is 55.1 Å². The number of phenolic OH excluding ortho intramolecular Hbond substituents is 1. The molecular weight excluding hydrogens is 665 g/mol. The summed E-state index contributed by atoms with van der Waals surface area (Å²) in [5.41, 5.74) is 7.70. The number of aromatic hydroxyl groups is 1. The average molecular weight is 711 g/mol. The van der Waals surface area contributed by atoms with E-state index in [1.54, 1.807) is 18.2 Å². The Labute approximate surface area is 310 Å². The zero-order chi connectivity index (χ0) is 36.5. The standard InChI is InChI=1S/C44H46N4O5/c1-29-9-20-40(42(50)45-29)48-43(51)38-19-16-35(28-39(38)44(48)52)53-26-6-5-21-46-22-24-47(25-23-46)33-13-10-31(11-14-33)41-36(30-7-3-2-4-8-30)17-12-32-27-34(49)15-18-37(32)41/h2-4,7-8,10-11,13-16,18-19,27-28,36,40-41,49H,1,5-6,9,12,17,20-26H2,(H,45,50)/t36-,40?,41+/m1/s1. The monoisotopic (exact) mass is 710 g/mol. The number of nitrogens with one attached hydrogen (secondary N) is 1. The number of imide groups is 1. The van der Waals surface area contributed by atoms with Gasteiger partial charge in [0.15, 0.2) is 0 Å². The fourth-order valence-corrected chi connectivity index (χ4v) is 8.65. The molecule has 272 valence electrons. The van der Waals surface area contributed by atoms with Gasteiger partial charge in [0.25, 0.3) is 11.8 Å². The number of fused-ring (bicyclic) bond motifs is 2. The molecule has 8 rings (SSSR count). The zero-order valence-electron chi connectivity index (χ0n) is 30.0. The van der Waals surface area contributed by atoms with E-state index in [1.807, 2.05) is 12.1 Å². The lowest BCUT2D eigenvalue weighted by atomic mass is 9.69. The van der Waals surface area contributed by atoms with Crippen LogP contribution in [0.15, 0.2) is 103 Å². The number of amides is 3. The molecule has 9 heteroatoms. The number of unbranched alkanes of at least 4 members (excludes halogenated alkanes) is 1. The molecule has 3 heterocycles. The normalized spacial score (nSPS) is 21.7. The summed E-state index contributed by atoms with van der Waals surface area (Å²) < 4.78 is 5.99. The van der Waals surface area contributed by atoms with Crippen molar-refractivity contribution >= 4 is 23.4 Å². The number of piperidine rings is 1. The van der Waals surface area contributed by atoms with Crippen LogP contribution in [0.5, 0.6) is 11.5 Å². The Morgan fingerprint density at radius 2 is 1.55 bits per heavy atom. The molecule has 0 saturated carbocycles. The molecule has 3 aliphatic heterocycles. The minimum absolute atomic E-state index is 0.244. The van der Waals surface area contributed by atoms with Crippen LogP contribution in [0.1, 0.15) is 86.9 Å². The lowest BCUT2D eigenvalue weighted by Gasteiger charge is -2.37. The number of piperazine rings is 1. The van der Waals surface area contributed by atoms with Crippen molar-refractivity contribution in [2.24, 2.45) is 0 Å². The van der Waals surface area contributed by atoms with Crippen LogP contribution < -0.4 is 15.0 Å². The van der Waals surface area contributed by atoms with Gasteiger partial charge in [0.1, 0.15) is 17.5 Å². The summed E-state index contributed by atoms with van der Waals surface area (Å²) in [6, 6.07) is 30.1. The highest BCUT2D eigenvalue weighted by atomic mass is 16.5. The molecule has 0 aromatic heterocycles. The lowest BCUT2D eigenvalue weighted by Crippen LogP contribution is -2.51. The summed E-state index contributed by atoms with van der Waals surface area (Å²) in [5.74, 6) is 0.263. The fraction of sp³-hybridized carbons (Fsp3) is 0.341. The summed E-state index contributed by atoms with van der Waals surface area (Å²) in [6.45, 7) is 9.25. The van der Waals surface area contributed by atoms with Crippen LogP contribution in [0.3, 0.4) is 0 Å². The van der Waals surface area contributed by atoms with Crippen molar-refractivity contribution in [1.29, 1.82) is 0 Å². The first-order valence-electron chi connectivity index (χ1n) is 18.9. The highest BCUT2D eigenvalue weighted by molar-refractivity contribution is 6.23. The lowest BCUT2D eigenvalue weighted by molar-refractivity contribution is -0.125. The first kappa shape index (κ1) is 34.7. The van der Waals surface area contributed by atoms with Crippen molar-refractivity contribution in [3.8, 4) is 11.5 Å². The summed E-state index contributed by atoms with van der Waals surface area (Å²) in [6.07, 6.45) is 4.80. The third kappa shape index (κ3) is 7.05. The number of carbonyl (C=O) groups is 3. The molecule has 53 heavy (non-hydrogen) atoms. The first-order chi connectivity index (χ1) is 25.8. The van der Waals surface area contributed by atoms with Crippen LogP contribution in [-0.4, -0.2) is 78.0 Å². The van der Waals surface area contributed by atoms with E-state index in [-0.39, 0.29) is 17.4 Å². The van der Waals surface area contributed by atoms with Crippen molar-refractivity contribution in [3.05, 3.63) is 137 Å². The van der Waals surface area contributed by atoms with Crippen LogP contribution >= 0.6 is 0 Å². The van der Waals surface area contributed by atoms with Crippen molar-refractivity contribution in [3.63, 3.8) is 0 Å². The van der Waals surface area contributed by atoms with E-state index in [0.717, 1.165) is 63.3 Å². The maximum absolute atomic E-state index is 13.2. The summed E-state index contributed by atoms with van der Waals surface area (Å²) in [7, 11) is 0. The summed E-state index contributed by atoms with van der Waals surface area (Å²) in [5, 5.41) is 12.9. The maximum atomic E-state index is 13.2. The Hall–Kier alpha value is -5.41. The molecule has 3 atom stereocenters. The SMILES string of the molecule is C=C1CCC(N2C(=O)c3ccc(OCCCCN4CCN(c5ccc([C@@H]6c7ccc(O)cc7CC[C@@H]6c6ccccc6)cc5)CC4)cc3C2=O)C(=O)N1. The second kappa shape index (κ2) is 14.9. The number of anilines is 1. The van der Waals surface area contributed by atoms with Crippen LogP contribution in [0.2, 0.25) is 0 Å². The second-order valence-electron chi connectivity index (χ2n) is 14.7. The molecule has 0 bridgehead atoms. The van der Waals surface area contributed by atoms with Crippen LogP contribution in [0, 0.1) is 0 Å². The van der Waals surface area contributed by atoms with Gasteiger partial charge in [-0.25, -0.2) is 0 Å². The molecule has 0 radical (unpaired) electrons. The molecule has 2 N–H and O–H groups in total. The summed E-state index contributed by atoms with van der Waals surface area (Å²) in [4.78, 5) is 44.7. The molecular formula is C44H46N4O5. The first-order valence-corrected chi connectivity index (χ1v) is 18.9. The number of allylic oxidation sites excluding steroid dienone is 1. The van der Waals surface area contributed by atoms with Gasteiger partial charge in [-0.15, -0.1) is 0 Å². The Morgan fingerprint density at radius 1 is 0.774 bits per heavy atom. The second-order valence-corrected chi connectivity index (χ2v) is 14.7. The van der Waals surface area contributed by atoms with Gasteiger partial charge in [-0.05, 0) is 116 Å². The Kier molecular flexibility index (Phi) is 9.75. The van der Waals surface area contributed by atoms with Crippen molar-refractivity contribution in [1.82, 2.24) is 15.1 Å². The molecule has 9 nitrogen and oxygen atoms in total. The van der Waals surface area contributed by atoms with Crippen molar-refractivity contribution < 1.29 is 24.2 Å². The van der Waals surface area contributed by atoms with E-state index in [0.29, 0.717) is 48.1 Å². The molecule has 2 saturated heterocycles. The van der Waals surface area contributed by atoms with E-state index >= 15 is 0 Å². The maximum Gasteiger partial charge on any atom is 0.262 e. The molecule has 0 spiro atoms. The van der Waals surface area contributed by atoms with Gasteiger partial charge in [-0.3, -0.25) is 24.2 Å². The largest absolute Gasteiger partial charge is 0.508 e. The van der Waals surface area contributed by atoms with E-state index in [4.69, 9.17) is 4.74 Å². The van der Waals surface area contributed by atoms with E-state index < -0.39 is 17.9 Å². The quantitative estimate of drug-likeness (QED) is 0.141. The predicted molar refractivity (Wildman–Crippen MR) is 205 cm³/mol. The minimum Gasteiger partial charge on any atom is -0.508 e. The fourth-order valence-electron chi connectivity index (χ4n) is 8.65. The number of carbonyl (C=O) groups excluding carboxylic acids is 3. The molecule has 4 aromatic rings. The molecule has 4 aliphatic rings. The highest BCUT2D eigenvalue weighted by Gasteiger charge is 2.44. The van der Waals surface area contributed by atoms with Crippen LogP contribution in [-0.2, 0) is 11.2 Å². The van der Waals surface area contributed by atoms with E-state index in [9.17, 15) is 19.5 Å². The predicted octanol–water partition coefficient (Wildman–Crippen LogP) is 6.62. The number of rotatable bonds is 10. The Bertz CT molecular complexity index is 2020. The molecule has 3 amide bonds. The molecule has 2 fully saturated rings. The van der Waals surface area contributed by atoms with Crippen molar-refractivity contribution in [2.45, 2.75) is 56.4 Å². The van der Waals surface area contributed by atoms with Gasteiger partial charge in [0.05, 0.1) is 17.7 Å². The van der Waals surface area contributed by atoms with Gasteiger partial charge in [-0.2, -0.15) is 0 Å². The topological polar surface area (TPSA) is 102 Å². The number of hydrogen-bond donors (Lipinski definition) is 2. The Balaban J connectivity index is 0.811. The smallest absolute Gasteiger partial charge is 0.262 e. The number of ether oxygens (including phenoxy) is 1. The number of nitrogens with zero attached hydrogens (tertiary/aromatic N) is 3. The third-order valence-corrected chi connectivity index (χ3v) is 11.5. The number of benzene rings is 4. The molecule has 1 unspecified atom stereocenters. The third-order valence-electron chi connectivity index (χ3n) is 11.5. The zero-order valence-corrected chi connectivity index (χ0v) is 30.0. The van der Waals surface area contributed by atoms with Gasteiger partial charge in [0, 0.05) is 43.5 Å². The van der Waals surface area contributed by atoms with Crippen LogP contribution in [0.4, 0.5) is 5.69 Å².